The first-order chi connectivity index (χ1) is 13.5. The summed E-state index contributed by atoms with van der Waals surface area (Å²) in [6.07, 6.45) is 3.14. The molecule has 29 heavy (non-hydrogen) atoms. The van der Waals surface area contributed by atoms with Crippen LogP contribution >= 0.6 is 35.7 Å². The van der Waals surface area contributed by atoms with Crippen LogP contribution in [0.5, 0.6) is 5.75 Å². The molecule has 0 bridgehead atoms. The average Bonchev–Trinajstić information content (AvgIpc) is 3.01. The maximum Gasteiger partial charge on any atom is 0.194 e. The first-order valence-corrected chi connectivity index (χ1v) is 10.6. The number of aromatic nitrogens is 3. The second kappa shape index (κ2) is 13.6. The maximum atomic E-state index is 13.7. The zero-order valence-corrected chi connectivity index (χ0v) is 20.5. The second-order valence-corrected chi connectivity index (χ2v) is 7.32. The number of guanidine groups is 1. The second-order valence-electron chi connectivity index (χ2n) is 6.34. The smallest absolute Gasteiger partial charge is 0.194 e. The van der Waals surface area contributed by atoms with Crippen molar-refractivity contribution in [2.75, 3.05) is 38.8 Å². The minimum atomic E-state index is -0.355. The molecular formula is C19H30FIN6OS. The van der Waals surface area contributed by atoms with Gasteiger partial charge in [-0.1, -0.05) is 12.1 Å². The number of nitrogens with one attached hydrogen (secondary N) is 1. The van der Waals surface area contributed by atoms with Crippen LogP contribution in [-0.4, -0.2) is 64.4 Å². The standard InChI is InChI=1S/C19H29FN6OS.HI/c1-15-23-24-18(26(15)3)14-22-19(21-10-7-13-28-4)25(2)11-12-27-17-9-6-5-8-16(17)20;/h5-6,8-9H,7,10-14H2,1-4H3,(H,21,22);1H. The summed E-state index contributed by atoms with van der Waals surface area (Å²) in [7, 11) is 3.87. The Balaban J connectivity index is 0.00000420. The fraction of sp³-hybridized carbons (Fsp3) is 0.526. The minimum absolute atomic E-state index is 0. The van der Waals surface area contributed by atoms with E-state index in [-0.39, 0.29) is 35.5 Å². The van der Waals surface area contributed by atoms with Gasteiger partial charge in [0.05, 0.1) is 6.54 Å². The molecule has 1 aromatic heterocycles. The highest BCUT2D eigenvalue weighted by atomic mass is 127. The topological polar surface area (TPSA) is 67.6 Å². The molecule has 0 aliphatic rings. The zero-order chi connectivity index (χ0) is 20.4. The Hall–Kier alpha value is -1.56. The van der Waals surface area contributed by atoms with Gasteiger partial charge in [-0.15, -0.1) is 34.2 Å². The van der Waals surface area contributed by atoms with Crippen molar-refractivity contribution < 1.29 is 9.13 Å². The van der Waals surface area contributed by atoms with Crippen molar-refractivity contribution in [2.24, 2.45) is 12.0 Å². The summed E-state index contributed by atoms with van der Waals surface area (Å²) < 4.78 is 21.2. The Labute approximate surface area is 193 Å². The number of halogens is 2. The van der Waals surface area contributed by atoms with Crippen LogP contribution in [0.4, 0.5) is 4.39 Å². The lowest BCUT2D eigenvalue weighted by Gasteiger charge is -2.22. The van der Waals surface area contributed by atoms with E-state index in [4.69, 9.17) is 4.74 Å². The number of nitrogens with zero attached hydrogens (tertiary/aromatic N) is 5. The molecule has 0 amide bonds. The molecule has 0 unspecified atom stereocenters. The third kappa shape index (κ3) is 8.37. The molecule has 1 N–H and O–H groups in total. The van der Waals surface area contributed by atoms with Crippen molar-refractivity contribution in [1.29, 1.82) is 0 Å². The summed E-state index contributed by atoms with van der Waals surface area (Å²) >= 11 is 1.82. The molecule has 7 nitrogen and oxygen atoms in total. The number of hydrogen-bond donors (Lipinski definition) is 1. The SMILES string of the molecule is CSCCCNC(=NCc1nnc(C)n1C)N(C)CCOc1ccccc1F.I. The zero-order valence-electron chi connectivity index (χ0n) is 17.4. The van der Waals surface area contributed by atoms with Crippen molar-refractivity contribution >= 4 is 41.7 Å². The van der Waals surface area contributed by atoms with Crippen LogP contribution in [0.2, 0.25) is 0 Å². The van der Waals surface area contributed by atoms with Crippen LogP contribution < -0.4 is 10.1 Å². The number of rotatable bonds is 10. The molecule has 1 aromatic carbocycles. The number of para-hydroxylation sites is 1. The molecule has 0 fully saturated rings. The van der Waals surface area contributed by atoms with Gasteiger partial charge in [0.25, 0.3) is 0 Å². The Kier molecular flexibility index (Phi) is 12.0. The predicted octanol–water partition coefficient (Wildman–Crippen LogP) is 3.09. The van der Waals surface area contributed by atoms with E-state index in [9.17, 15) is 4.39 Å². The molecule has 0 aliphatic carbocycles. The van der Waals surface area contributed by atoms with E-state index < -0.39 is 0 Å². The quantitative estimate of drug-likeness (QED) is 0.218. The number of thioether (sulfide) groups is 1. The highest BCUT2D eigenvalue weighted by molar-refractivity contribution is 14.0. The highest BCUT2D eigenvalue weighted by Gasteiger charge is 2.10. The molecule has 0 radical (unpaired) electrons. The summed E-state index contributed by atoms with van der Waals surface area (Å²) in [5.74, 6) is 3.41. The number of hydrogen-bond acceptors (Lipinski definition) is 5. The van der Waals surface area contributed by atoms with Gasteiger partial charge in [0.15, 0.2) is 23.4 Å². The molecule has 1 heterocycles. The number of benzene rings is 1. The number of aliphatic imine (C=N–C) groups is 1. The van der Waals surface area contributed by atoms with Crippen molar-refractivity contribution in [2.45, 2.75) is 19.9 Å². The fourth-order valence-corrected chi connectivity index (χ4v) is 2.86. The van der Waals surface area contributed by atoms with Crippen LogP contribution in [0.1, 0.15) is 18.1 Å². The Morgan fingerprint density at radius 3 is 2.76 bits per heavy atom. The largest absolute Gasteiger partial charge is 0.489 e. The van der Waals surface area contributed by atoms with Gasteiger partial charge in [-0.2, -0.15) is 11.8 Å². The van der Waals surface area contributed by atoms with E-state index in [1.165, 1.54) is 6.07 Å². The van der Waals surface area contributed by atoms with Crippen LogP contribution in [0.25, 0.3) is 0 Å². The van der Waals surface area contributed by atoms with Gasteiger partial charge in [-0.05, 0) is 37.5 Å². The summed E-state index contributed by atoms with van der Waals surface area (Å²) in [5.41, 5.74) is 0. The van der Waals surface area contributed by atoms with Crippen molar-refractivity contribution in [3.05, 3.63) is 41.7 Å². The van der Waals surface area contributed by atoms with Gasteiger partial charge in [0.2, 0.25) is 0 Å². The summed E-state index contributed by atoms with van der Waals surface area (Å²) in [6.45, 7) is 4.09. The van der Waals surface area contributed by atoms with E-state index in [2.05, 4.69) is 26.8 Å². The van der Waals surface area contributed by atoms with Gasteiger partial charge in [0, 0.05) is 20.6 Å². The van der Waals surface area contributed by atoms with Gasteiger partial charge >= 0.3 is 0 Å². The third-order valence-electron chi connectivity index (χ3n) is 4.24. The highest BCUT2D eigenvalue weighted by Crippen LogP contribution is 2.15. The molecule has 10 heteroatoms. The van der Waals surface area contributed by atoms with Crippen LogP contribution in [-0.2, 0) is 13.6 Å². The molecule has 2 aromatic rings. The molecule has 2 rings (SSSR count). The average molecular weight is 536 g/mol. The van der Waals surface area contributed by atoms with E-state index in [0.29, 0.717) is 19.7 Å². The Morgan fingerprint density at radius 1 is 1.34 bits per heavy atom. The number of ether oxygens (including phenoxy) is 1. The number of likely N-dealkylation sites (N-methyl/N-ethyl adjacent to an activating group) is 1. The summed E-state index contributed by atoms with van der Waals surface area (Å²) in [5, 5.41) is 11.6. The van der Waals surface area contributed by atoms with Crippen molar-refractivity contribution in [3.8, 4) is 5.75 Å². The lowest BCUT2D eigenvalue weighted by atomic mass is 10.3. The van der Waals surface area contributed by atoms with Crippen LogP contribution in [0.15, 0.2) is 29.3 Å². The fourth-order valence-electron chi connectivity index (χ4n) is 2.42. The maximum absolute atomic E-state index is 13.7. The summed E-state index contributed by atoms with van der Waals surface area (Å²) in [4.78, 5) is 6.66. The van der Waals surface area contributed by atoms with Crippen molar-refractivity contribution in [3.63, 3.8) is 0 Å². The van der Waals surface area contributed by atoms with Gasteiger partial charge in [0.1, 0.15) is 19.0 Å². The first kappa shape index (κ1) is 25.5. The van der Waals surface area contributed by atoms with E-state index in [0.717, 1.165) is 36.3 Å². The molecule has 0 spiro atoms. The molecular weight excluding hydrogens is 506 g/mol. The van der Waals surface area contributed by atoms with Crippen molar-refractivity contribution in [1.82, 2.24) is 25.0 Å². The molecule has 162 valence electrons. The molecule has 0 aliphatic heterocycles. The van der Waals surface area contributed by atoms with Crippen LogP contribution in [0, 0.1) is 12.7 Å². The Morgan fingerprint density at radius 2 is 2.10 bits per heavy atom. The number of aryl methyl sites for hydroxylation is 1. The van der Waals surface area contributed by atoms with Crippen LogP contribution in [0.3, 0.4) is 0 Å². The monoisotopic (exact) mass is 536 g/mol. The van der Waals surface area contributed by atoms with E-state index in [1.807, 2.05) is 42.2 Å². The van der Waals surface area contributed by atoms with E-state index in [1.54, 1.807) is 18.2 Å². The summed E-state index contributed by atoms with van der Waals surface area (Å²) in [6, 6.07) is 6.42. The van der Waals surface area contributed by atoms with Gasteiger partial charge in [-0.25, -0.2) is 9.38 Å². The Bertz CT molecular complexity index is 773. The minimum Gasteiger partial charge on any atom is -0.489 e. The lowest BCUT2D eigenvalue weighted by Crippen LogP contribution is -2.41. The van der Waals surface area contributed by atoms with Gasteiger partial charge in [-0.3, -0.25) is 0 Å². The lowest BCUT2D eigenvalue weighted by molar-refractivity contribution is 0.270. The molecule has 0 atom stereocenters. The normalized spacial score (nSPS) is 11.1. The molecule has 0 saturated carbocycles. The van der Waals surface area contributed by atoms with Gasteiger partial charge < -0.3 is 19.5 Å². The first-order valence-electron chi connectivity index (χ1n) is 9.23. The molecule has 0 saturated heterocycles. The predicted molar refractivity (Wildman–Crippen MR) is 128 cm³/mol. The third-order valence-corrected chi connectivity index (χ3v) is 4.94. The van der Waals surface area contributed by atoms with E-state index >= 15 is 0 Å².